The molecule has 1 fully saturated rings. The first-order valence-corrected chi connectivity index (χ1v) is 7.25. The van der Waals surface area contributed by atoms with E-state index in [1.165, 1.54) is 0 Å². The SMILES string of the molecule is Cc1cc(C#CCN)cc(C(=O)N2C[C@@H](C)O[C@@H](C)C2)c1. The Kier molecular flexibility index (Phi) is 5.00. The number of rotatable bonds is 1. The minimum absolute atomic E-state index is 0.0384. The van der Waals surface area contributed by atoms with E-state index in [-0.39, 0.29) is 18.1 Å². The van der Waals surface area contributed by atoms with E-state index in [1.54, 1.807) is 0 Å². The Balaban J connectivity index is 2.24. The van der Waals surface area contributed by atoms with Crippen LogP contribution in [0.3, 0.4) is 0 Å². The maximum absolute atomic E-state index is 12.7. The van der Waals surface area contributed by atoms with E-state index in [0.29, 0.717) is 25.2 Å². The lowest BCUT2D eigenvalue weighted by atomic mass is 10.0. The summed E-state index contributed by atoms with van der Waals surface area (Å²) in [6.45, 7) is 7.52. The van der Waals surface area contributed by atoms with Gasteiger partial charge < -0.3 is 15.4 Å². The van der Waals surface area contributed by atoms with Crippen LogP contribution >= 0.6 is 0 Å². The van der Waals surface area contributed by atoms with Gasteiger partial charge in [-0.05, 0) is 44.5 Å². The van der Waals surface area contributed by atoms with E-state index < -0.39 is 0 Å². The van der Waals surface area contributed by atoms with Gasteiger partial charge in [-0.3, -0.25) is 4.79 Å². The van der Waals surface area contributed by atoms with Gasteiger partial charge in [-0.15, -0.1) is 0 Å². The summed E-state index contributed by atoms with van der Waals surface area (Å²) in [5.74, 6) is 5.85. The Bertz CT molecular complexity index is 576. The number of hydrogen-bond acceptors (Lipinski definition) is 3. The zero-order valence-electron chi connectivity index (χ0n) is 12.8. The summed E-state index contributed by atoms with van der Waals surface area (Å²) >= 11 is 0. The molecule has 0 radical (unpaired) electrons. The van der Waals surface area contributed by atoms with Gasteiger partial charge in [0, 0.05) is 24.2 Å². The van der Waals surface area contributed by atoms with E-state index in [0.717, 1.165) is 11.1 Å². The third-order valence-electron chi connectivity index (χ3n) is 3.37. The van der Waals surface area contributed by atoms with Crippen LogP contribution < -0.4 is 5.73 Å². The van der Waals surface area contributed by atoms with Gasteiger partial charge in [0.25, 0.3) is 5.91 Å². The molecule has 2 rings (SSSR count). The number of morpholine rings is 1. The Labute approximate surface area is 126 Å². The van der Waals surface area contributed by atoms with Crippen LogP contribution in [0.1, 0.15) is 35.3 Å². The van der Waals surface area contributed by atoms with Gasteiger partial charge in [0.15, 0.2) is 0 Å². The largest absolute Gasteiger partial charge is 0.372 e. The molecule has 1 saturated heterocycles. The van der Waals surface area contributed by atoms with E-state index >= 15 is 0 Å². The number of ether oxygens (including phenoxy) is 1. The molecule has 0 saturated carbocycles. The number of amides is 1. The highest BCUT2D eigenvalue weighted by atomic mass is 16.5. The topological polar surface area (TPSA) is 55.6 Å². The Hall–Kier alpha value is -1.83. The second-order valence-electron chi connectivity index (χ2n) is 5.56. The fourth-order valence-electron chi connectivity index (χ4n) is 2.66. The van der Waals surface area contributed by atoms with Gasteiger partial charge >= 0.3 is 0 Å². The molecule has 4 heteroatoms. The highest BCUT2D eigenvalue weighted by molar-refractivity contribution is 5.95. The molecule has 1 aliphatic rings. The molecule has 1 heterocycles. The van der Waals surface area contributed by atoms with Crippen molar-refractivity contribution in [2.75, 3.05) is 19.6 Å². The first-order valence-electron chi connectivity index (χ1n) is 7.25. The smallest absolute Gasteiger partial charge is 0.254 e. The summed E-state index contributed by atoms with van der Waals surface area (Å²) in [5.41, 5.74) is 7.93. The summed E-state index contributed by atoms with van der Waals surface area (Å²) in [7, 11) is 0. The molecule has 1 amide bonds. The van der Waals surface area contributed by atoms with Crippen molar-refractivity contribution in [2.45, 2.75) is 33.0 Å². The van der Waals surface area contributed by atoms with Crippen LogP contribution in [0.15, 0.2) is 18.2 Å². The lowest BCUT2D eigenvalue weighted by molar-refractivity contribution is -0.0586. The number of nitrogens with zero attached hydrogens (tertiary/aromatic N) is 1. The van der Waals surface area contributed by atoms with Crippen LogP contribution in [0.5, 0.6) is 0 Å². The number of hydrogen-bond donors (Lipinski definition) is 1. The normalized spacial score (nSPS) is 21.6. The number of nitrogens with two attached hydrogens (primary N) is 1. The molecule has 1 aromatic rings. The van der Waals surface area contributed by atoms with Crippen molar-refractivity contribution in [1.82, 2.24) is 4.90 Å². The van der Waals surface area contributed by atoms with Crippen LogP contribution in [-0.2, 0) is 4.74 Å². The molecule has 0 aliphatic carbocycles. The molecule has 0 aromatic heterocycles. The second kappa shape index (κ2) is 6.75. The lowest BCUT2D eigenvalue weighted by Crippen LogP contribution is -2.48. The maximum atomic E-state index is 12.7. The number of carbonyl (C=O) groups is 1. The molecule has 2 N–H and O–H groups in total. The van der Waals surface area contributed by atoms with Crippen molar-refractivity contribution in [3.8, 4) is 11.8 Å². The predicted octanol–water partition coefficient (Wildman–Crippen LogP) is 1.55. The van der Waals surface area contributed by atoms with Gasteiger partial charge in [-0.1, -0.05) is 11.8 Å². The molecule has 2 atom stereocenters. The zero-order valence-corrected chi connectivity index (χ0v) is 12.8. The molecule has 1 aliphatic heterocycles. The average molecular weight is 286 g/mol. The fraction of sp³-hybridized carbons (Fsp3) is 0.471. The van der Waals surface area contributed by atoms with Gasteiger partial charge in [0.2, 0.25) is 0 Å². The predicted molar refractivity (Wildman–Crippen MR) is 83.0 cm³/mol. The molecule has 1 aromatic carbocycles. The van der Waals surface area contributed by atoms with Crippen molar-refractivity contribution < 1.29 is 9.53 Å². The first kappa shape index (κ1) is 15.6. The van der Waals surface area contributed by atoms with Gasteiger partial charge in [-0.25, -0.2) is 0 Å². The molecule has 0 unspecified atom stereocenters. The third kappa shape index (κ3) is 4.07. The minimum Gasteiger partial charge on any atom is -0.372 e. The summed E-state index contributed by atoms with van der Waals surface area (Å²) in [4.78, 5) is 14.5. The van der Waals surface area contributed by atoms with Crippen LogP contribution in [0.4, 0.5) is 0 Å². The second-order valence-corrected chi connectivity index (χ2v) is 5.56. The summed E-state index contributed by atoms with van der Waals surface area (Å²) in [6.07, 6.45) is 0.137. The van der Waals surface area contributed by atoms with E-state index in [9.17, 15) is 4.79 Å². The fourth-order valence-corrected chi connectivity index (χ4v) is 2.66. The van der Waals surface area contributed by atoms with Crippen LogP contribution in [0.2, 0.25) is 0 Å². The van der Waals surface area contributed by atoms with E-state index in [2.05, 4.69) is 11.8 Å². The maximum Gasteiger partial charge on any atom is 0.254 e. The zero-order chi connectivity index (χ0) is 15.4. The van der Waals surface area contributed by atoms with Crippen LogP contribution in [0.25, 0.3) is 0 Å². The summed E-state index contributed by atoms with van der Waals surface area (Å²) < 4.78 is 5.67. The van der Waals surface area contributed by atoms with Gasteiger partial charge in [0.1, 0.15) is 0 Å². The third-order valence-corrected chi connectivity index (χ3v) is 3.37. The number of benzene rings is 1. The van der Waals surface area contributed by atoms with Crippen LogP contribution in [0, 0.1) is 18.8 Å². The van der Waals surface area contributed by atoms with Crippen molar-refractivity contribution in [3.05, 3.63) is 34.9 Å². The first-order chi connectivity index (χ1) is 9.99. The Morgan fingerprint density at radius 3 is 2.62 bits per heavy atom. The monoisotopic (exact) mass is 286 g/mol. The van der Waals surface area contributed by atoms with Crippen molar-refractivity contribution >= 4 is 5.91 Å². The molecule has 0 spiro atoms. The summed E-state index contributed by atoms with van der Waals surface area (Å²) in [6, 6.07) is 5.70. The van der Waals surface area contributed by atoms with Crippen molar-refractivity contribution in [2.24, 2.45) is 5.73 Å². The quantitative estimate of drug-likeness (QED) is 0.797. The molecular weight excluding hydrogens is 264 g/mol. The van der Waals surface area contributed by atoms with E-state index in [1.807, 2.05) is 43.9 Å². The standard InChI is InChI=1S/C17H22N2O2/c1-12-7-15(5-4-6-18)9-16(8-12)17(20)19-10-13(2)21-14(3)11-19/h7-9,13-14H,6,10-11,18H2,1-3H3/t13-,14+. The van der Waals surface area contributed by atoms with Crippen molar-refractivity contribution in [1.29, 1.82) is 0 Å². The molecule has 4 nitrogen and oxygen atoms in total. The number of carbonyl (C=O) groups excluding carboxylic acids is 1. The summed E-state index contributed by atoms with van der Waals surface area (Å²) in [5, 5.41) is 0. The van der Waals surface area contributed by atoms with Gasteiger partial charge in [0.05, 0.1) is 18.8 Å². The van der Waals surface area contributed by atoms with E-state index in [4.69, 9.17) is 10.5 Å². The Morgan fingerprint density at radius 2 is 2.00 bits per heavy atom. The Morgan fingerprint density at radius 1 is 1.33 bits per heavy atom. The van der Waals surface area contributed by atoms with Gasteiger partial charge in [-0.2, -0.15) is 0 Å². The highest BCUT2D eigenvalue weighted by Crippen LogP contribution is 2.16. The molecule has 21 heavy (non-hydrogen) atoms. The number of aryl methyl sites for hydroxylation is 1. The van der Waals surface area contributed by atoms with Crippen molar-refractivity contribution in [3.63, 3.8) is 0 Å². The van der Waals surface area contributed by atoms with Crippen LogP contribution in [-0.4, -0.2) is 42.6 Å². The molecule has 0 bridgehead atoms. The molecular formula is C17H22N2O2. The lowest BCUT2D eigenvalue weighted by Gasteiger charge is -2.35. The average Bonchev–Trinajstić information content (AvgIpc) is 2.42. The molecule has 112 valence electrons. The highest BCUT2D eigenvalue weighted by Gasteiger charge is 2.26. The minimum atomic E-state index is 0.0384.